The van der Waals surface area contributed by atoms with Crippen LogP contribution in [0.25, 0.3) is 10.2 Å². The van der Waals surface area contributed by atoms with Gasteiger partial charge in [-0.2, -0.15) is 0 Å². The fourth-order valence-corrected chi connectivity index (χ4v) is 3.57. The van der Waals surface area contributed by atoms with Gasteiger partial charge in [0.15, 0.2) is 11.7 Å². The number of rotatable bonds is 5. The predicted octanol–water partition coefficient (Wildman–Crippen LogP) is 3.87. The zero-order chi connectivity index (χ0) is 18.0. The molecule has 0 aliphatic heterocycles. The van der Waals surface area contributed by atoms with Crippen LogP contribution >= 0.6 is 22.9 Å². The Balaban J connectivity index is 1.69. The highest BCUT2D eigenvalue weighted by molar-refractivity contribution is 7.22. The van der Waals surface area contributed by atoms with Gasteiger partial charge in [-0.15, -0.1) is 0 Å². The van der Waals surface area contributed by atoms with Crippen LogP contribution in [0, 0.1) is 13.8 Å². The zero-order valence-electron chi connectivity index (χ0n) is 13.7. The average Bonchev–Trinajstić information content (AvgIpc) is 2.98. The van der Waals surface area contributed by atoms with E-state index in [2.05, 4.69) is 15.7 Å². The second-order valence-corrected chi connectivity index (χ2v) is 7.02. The molecule has 0 atom stereocenters. The lowest BCUT2D eigenvalue weighted by Crippen LogP contribution is -2.20. The first-order valence-corrected chi connectivity index (χ1v) is 8.72. The highest BCUT2D eigenvalue weighted by Gasteiger charge is 2.10. The molecule has 0 saturated heterocycles. The van der Waals surface area contributed by atoms with Crippen molar-refractivity contribution in [3.8, 4) is 5.75 Å². The molecule has 25 heavy (non-hydrogen) atoms. The van der Waals surface area contributed by atoms with Crippen molar-refractivity contribution >= 4 is 49.9 Å². The maximum Gasteiger partial charge on any atom is 0.262 e. The number of nitrogens with two attached hydrogens (primary N) is 1. The second kappa shape index (κ2) is 7.26. The van der Waals surface area contributed by atoms with E-state index in [1.54, 1.807) is 18.2 Å². The van der Waals surface area contributed by atoms with Crippen LogP contribution in [0.4, 0.5) is 10.8 Å². The number of hydrogen-bond donors (Lipinski definition) is 3. The van der Waals surface area contributed by atoms with Crippen molar-refractivity contribution in [1.29, 1.82) is 0 Å². The third-order valence-corrected chi connectivity index (χ3v) is 4.76. The minimum atomic E-state index is -0.241. The normalized spacial score (nSPS) is 10.7. The van der Waals surface area contributed by atoms with Crippen molar-refractivity contribution < 1.29 is 9.53 Å². The summed E-state index contributed by atoms with van der Waals surface area (Å²) in [6.07, 6.45) is 0. The lowest BCUT2D eigenvalue weighted by atomic mass is 10.2. The van der Waals surface area contributed by atoms with Crippen LogP contribution in [0.2, 0.25) is 5.02 Å². The third kappa shape index (κ3) is 4.01. The van der Waals surface area contributed by atoms with Gasteiger partial charge in [0.2, 0.25) is 0 Å². The lowest BCUT2D eigenvalue weighted by molar-refractivity contribution is -0.118. The Morgan fingerprint density at radius 2 is 2.08 bits per heavy atom. The Labute approximate surface area is 153 Å². The molecule has 6 nitrogen and oxygen atoms in total. The number of halogens is 1. The van der Waals surface area contributed by atoms with Crippen LogP contribution < -0.4 is 21.3 Å². The molecule has 3 rings (SSSR count). The molecule has 0 aliphatic carbocycles. The van der Waals surface area contributed by atoms with Crippen molar-refractivity contribution in [2.75, 3.05) is 17.3 Å². The number of nitrogens with one attached hydrogen (secondary N) is 2. The number of amides is 1. The minimum Gasteiger partial charge on any atom is -0.483 e. The SMILES string of the molecule is Cc1cc(Cl)ccc1OCC(=O)Nc1cc(C)c2nc(NN)sc2c1. The largest absolute Gasteiger partial charge is 0.483 e. The van der Waals surface area contributed by atoms with Gasteiger partial charge in [-0.25, -0.2) is 10.8 Å². The molecule has 1 aromatic heterocycles. The molecule has 8 heteroatoms. The van der Waals surface area contributed by atoms with E-state index < -0.39 is 0 Å². The molecule has 2 aromatic carbocycles. The average molecular weight is 377 g/mol. The first-order chi connectivity index (χ1) is 12.0. The van der Waals surface area contributed by atoms with Crippen molar-refractivity contribution in [3.63, 3.8) is 0 Å². The van der Waals surface area contributed by atoms with Gasteiger partial charge in [0.1, 0.15) is 5.75 Å². The summed E-state index contributed by atoms with van der Waals surface area (Å²) in [6.45, 7) is 3.73. The Morgan fingerprint density at radius 1 is 1.28 bits per heavy atom. The summed E-state index contributed by atoms with van der Waals surface area (Å²) >= 11 is 7.33. The zero-order valence-corrected chi connectivity index (χ0v) is 15.3. The van der Waals surface area contributed by atoms with E-state index in [0.29, 0.717) is 21.6 Å². The minimum absolute atomic E-state index is 0.0855. The Kier molecular flexibility index (Phi) is 5.08. The molecule has 1 amide bonds. The molecule has 0 fully saturated rings. The van der Waals surface area contributed by atoms with Gasteiger partial charge >= 0.3 is 0 Å². The van der Waals surface area contributed by atoms with Crippen LogP contribution in [0.5, 0.6) is 5.75 Å². The first-order valence-electron chi connectivity index (χ1n) is 7.53. The van der Waals surface area contributed by atoms with E-state index in [1.807, 2.05) is 26.0 Å². The Morgan fingerprint density at radius 3 is 2.80 bits per heavy atom. The summed E-state index contributed by atoms with van der Waals surface area (Å²) in [5.41, 5.74) is 5.94. The van der Waals surface area contributed by atoms with Gasteiger partial charge in [0.05, 0.1) is 10.2 Å². The molecule has 4 N–H and O–H groups in total. The van der Waals surface area contributed by atoms with E-state index in [9.17, 15) is 4.79 Å². The number of benzene rings is 2. The number of aromatic nitrogens is 1. The first kappa shape index (κ1) is 17.5. The second-order valence-electron chi connectivity index (χ2n) is 5.55. The maximum absolute atomic E-state index is 12.2. The number of hydrazine groups is 1. The lowest BCUT2D eigenvalue weighted by Gasteiger charge is -2.10. The van der Waals surface area contributed by atoms with Gasteiger partial charge in [-0.3, -0.25) is 10.2 Å². The van der Waals surface area contributed by atoms with E-state index in [-0.39, 0.29) is 12.5 Å². The maximum atomic E-state index is 12.2. The molecule has 0 bridgehead atoms. The predicted molar refractivity (Wildman–Crippen MR) is 102 cm³/mol. The highest BCUT2D eigenvalue weighted by atomic mass is 35.5. The van der Waals surface area contributed by atoms with Crippen LogP contribution in [-0.2, 0) is 4.79 Å². The van der Waals surface area contributed by atoms with Gasteiger partial charge in [-0.05, 0) is 55.3 Å². The van der Waals surface area contributed by atoms with Gasteiger partial charge in [-0.1, -0.05) is 22.9 Å². The summed E-state index contributed by atoms with van der Waals surface area (Å²) < 4.78 is 6.50. The number of nitrogens with zero attached hydrogens (tertiary/aromatic N) is 1. The van der Waals surface area contributed by atoms with E-state index in [1.165, 1.54) is 11.3 Å². The monoisotopic (exact) mass is 376 g/mol. The van der Waals surface area contributed by atoms with Gasteiger partial charge in [0.25, 0.3) is 5.91 Å². The molecule has 130 valence electrons. The summed E-state index contributed by atoms with van der Waals surface area (Å²) in [5, 5.41) is 4.10. The summed E-state index contributed by atoms with van der Waals surface area (Å²) in [7, 11) is 0. The molecule has 0 radical (unpaired) electrons. The number of nitrogen functional groups attached to an aromatic ring is 1. The van der Waals surface area contributed by atoms with Crippen LogP contribution in [0.1, 0.15) is 11.1 Å². The molecule has 0 saturated carbocycles. The molecule has 0 unspecified atom stereocenters. The van der Waals surface area contributed by atoms with Gasteiger partial charge in [0, 0.05) is 10.7 Å². The fraction of sp³-hybridized carbons (Fsp3) is 0.176. The standard InChI is InChI=1S/C17H17ClN4O2S/c1-9-5-11(18)3-4-13(9)24-8-15(23)20-12-6-10(2)16-14(7-12)25-17(21-16)22-19/h3-7H,8,19H2,1-2H3,(H,20,23)(H,21,22). The number of fused-ring (bicyclic) bond motifs is 1. The van der Waals surface area contributed by atoms with Crippen LogP contribution in [0.3, 0.4) is 0 Å². The number of carbonyl (C=O) groups excluding carboxylic acids is 1. The van der Waals surface area contributed by atoms with Crippen molar-refractivity contribution in [3.05, 3.63) is 46.5 Å². The van der Waals surface area contributed by atoms with Gasteiger partial charge < -0.3 is 10.1 Å². The number of aryl methyl sites for hydroxylation is 2. The topological polar surface area (TPSA) is 89.3 Å². The molecule has 1 heterocycles. The molecular formula is C17H17ClN4O2S. The molecular weight excluding hydrogens is 360 g/mol. The third-order valence-electron chi connectivity index (χ3n) is 3.59. The smallest absolute Gasteiger partial charge is 0.262 e. The molecule has 3 aromatic rings. The summed E-state index contributed by atoms with van der Waals surface area (Å²) in [5.74, 6) is 5.79. The number of hydrogen-bond acceptors (Lipinski definition) is 6. The van der Waals surface area contributed by atoms with Crippen LogP contribution in [0.15, 0.2) is 30.3 Å². The van der Waals surface area contributed by atoms with E-state index in [4.69, 9.17) is 22.2 Å². The molecule has 0 spiro atoms. The number of thiazole rings is 1. The van der Waals surface area contributed by atoms with Crippen molar-refractivity contribution in [1.82, 2.24) is 4.98 Å². The number of ether oxygens (including phenoxy) is 1. The van der Waals surface area contributed by atoms with E-state index in [0.717, 1.165) is 21.3 Å². The Bertz CT molecular complexity index is 942. The summed E-state index contributed by atoms with van der Waals surface area (Å²) in [6, 6.07) is 9.00. The van der Waals surface area contributed by atoms with Crippen LogP contribution in [-0.4, -0.2) is 17.5 Å². The fourth-order valence-electron chi connectivity index (χ4n) is 2.45. The Hall–Kier alpha value is -2.35. The van der Waals surface area contributed by atoms with E-state index >= 15 is 0 Å². The highest BCUT2D eigenvalue weighted by Crippen LogP contribution is 2.30. The summed E-state index contributed by atoms with van der Waals surface area (Å²) in [4.78, 5) is 16.5. The number of anilines is 2. The van der Waals surface area contributed by atoms with Crippen molar-refractivity contribution in [2.45, 2.75) is 13.8 Å². The number of carbonyl (C=O) groups is 1. The van der Waals surface area contributed by atoms with Crippen molar-refractivity contribution in [2.24, 2.45) is 5.84 Å². The molecule has 0 aliphatic rings. The quantitative estimate of drug-likeness (QED) is 0.464.